The van der Waals surface area contributed by atoms with E-state index in [0.29, 0.717) is 36.5 Å². The van der Waals surface area contributed by atoms with Gasteiger partial charge in [-0.2, -0.15) is 0 Å². The van der Waals surface area contributed by atoms with Crippen molar-refractivity contribution >= 4 is 35.9 Å². The van der Waals surface area contributed by atoms with Crippen LogP contribution in [0.5, 0.6) is 0 Å². The van der Waals surface area contributed by atoms with Crippen LogP contribution in [-0.4, -0.2) is 61.1 Å². The quantitative estimate of drug-likeness (QED) is 0.676. The summed E-state index contributed by atoms with van der Waals surface area (Å²) in [5.41, 5.74) is 1.25. The number of anilines is 1. The molecular weight excluding hydrogens is 360 g/mol. The molecule has 1 aliphatic carbocycles. The molecule has 0 spiro atoms. The third-order valence-electron chi connectivity index (χ3n) is 4.58. The van der Waals surface area contributed by atoms with Gasteiger partial charge in [0.15, 0.2) is 0 Å². The number of urea groups is 1. The highest BCUT2D eigenvalue weighted by Crippen LogP contribution is 2.35. The number of amides is 4. The molecule has 0 radical (unpaired) electrons. The minimum atomic E-state index is -0.370. The van der Waals surface area contributed by atoms with Crippen LogP contribution in [0.2, 0.25) is 0 Å². The summed E-state index contributed by atoms with van der Waals surface area (Å²) < 4.78 is 5.51. The number of carbonyl (C=O) groups excluding carboxylic acids is 3. The number of ether oxygens (including phenoxy) is 1. The van der Waals surface area contributed by atoms with Crippen LogP contribution >= 0.6 is 12.4 Å². The number of hydrogen-bond acceptors (Lipinski definition) is 5. The van der Waals surface area contributed by atoms with Gasteiger partial charge < -0.3 is 20.7 Å². The molecule has 2 fully saturated rings. The maximum absolute atomic E-state index is 12.4. The van der Waals surface area contributed by atoms with E-state index in [4.69, 9.17) is 4.74 Å². The van der Waals surface area contributed by atoms with Crippen LogP contribution in [0.1, 0.15) is 33.6 Å². The van der Waals surface area contributed by atoms with Gasteiger partial charge >= 0.3 is 6.03 Å². The standard InChI is InChI=1S/C17H20N4O4.ClH/c22-15-13-4-1-10(7-14(13)16(23)21(15)11-2-3-11)20-17(24)19-9-12-8-18-5-6-25-12;/h1,4,7,11-12,18H,2-3,5-6,8-9H2,(H2,19,20,24);1H. The number of halogens is 1. The SMILES string of the molecule is Cl.O=C(NCC1CNCCO1)Nc1ccc2c(c1)C(=O)N(C1CC1)C2=O. The summed E-state index contributed by atoms with van der Waals surface area (Å²) in [6.45, 7) is 2.55. The fraction of sp³-hybridized carbons (Fsp3) is 0.471. The highest BCUT2D eigenvalue weighted by molar-refractivity contribution is 6.22. The summed E-state index contributed by atoms with van der Waals surface area (Å²) in [6, 6.07) is 4.47. The fourth-order valence-electron chi connectivity index (χ4n) is 3.13. The number of fused-ring (bicyclic) bond motifs is 1. The van der Waals surface area contributed by atoms with Crippen LogP contribution < -0.4 is 16.0 Å². The van der Waals surface area contributed by atoms with Crippen molar-refractivity contribution < 1.29 is 19.1 Å². The first-order valence-corrected chi connectivity index (χ1v) is 8.52. The van der Waals surface area contributed by atoms with Gasteiger partial charge in [0.05, 0.1) is 23.8 Å². The van der Waals surface area contributed by atoms with E-state index in [2.05, 4.69) is 16.0 Å². The van der Waals surface area contributed by atoms with Gasteiger partial charge in [0.1, 0.15) is 0 Å². The lowest BCUT2D eigenvalue weighted by atomic mass is 10.1. The summed E-state index contributed by atoms with van der Waals surface area (Å²) in [4.78, 5) is 38.1. The van der Waals surface area contributed by atoms with Crippen molar-refractivity contribution in [2.75, 3.05) is 31.6 Å². The highest BCUT2D eigenvalue weighted by Gasteiger charge is 2.44. The van der Waals surface area contributed by atoms with Crippen molar-refractivity contribution in [3.63, 3.8) is 0 Å². The Morgan fingerprint density at radius 3 is 2.69 bits per heavy atom. The summed E-state index contributed by atoms with van der Waals surface area (Å²) in [5, 5.41) is 8.64. The molecule has 0 bridgehead atoms. The predicted octanol–water partition coefficient (Wildman–Crippen LogP) is 0.977. The predicted molar refractivity (Wildman–Crippen MR) is 96.8 cm³/mol. The van der Waals surface area contributed by atoms with E-state index in [1.807, 2.05) is 0 Å². The number of carbonyl (C=O) groups is 3. The van der Waals surface area contributed by atoms with Crippen molar-refractivity contribution in [3.05, 3.63) is 29.3 Å². The molecule has 9 heteroatoms. The van der Waals surface area contributed by atoms with Crippen molar-refractivity contribution in [1.82, 2.24) is 15.5 Å². The van der Waals surface area contributed by atoms with Gasteiger partial charge in [0, 0.05) is 31.4 Å². The number of nitrogens with zero attached hydrogens (tertiary/aromatic N) is 1. The van der Waals surface area contributed by atoms with Crippen molar-refractivity contribution in [1.29, 1.82) is 0 Å². The zero-order valence-corrected chi connectivity index (χ0v) is 14.9. The molecule has 1 aromatic carbocycles. The second-order valence-corrected chi connectivity index (χ2v) is 6.50. The number of morpholine rings is 1. The van der Waals surface area contributed by atoms with E-state index < -0.39 is 0 Å². The normalized spacial score (nSPS) is 21.8. The van der Waals surface area contributed by atoms with E-state index in [1.165, 1.54) is 4.90 Å². The number of hydrogen-bond donors (Lipinski definition) is 3. The number of rotatable bonds is 4. The average Bonchev–Trinajstić information content (AvgIpc) is 3.42. The van der Waals surface area contributed by atoms with E-state index in [0.717, 1.165) is 19.4 Å². The molecule has 140 valence electrons. The van der Waals surface area contributed by atoms with Gasteiger partial charge in [-0.25, -0.2) is 4.79 Å². The first kappa shape index (κ1) is 18.6. The fourth-order valence-corrected chi connectivity index (χ4v) is 3.13. The first-order chi connectivity index (χ1) is 12.1. The summed E-state index contributed by atoms with van der Waals surface area (Å²) in [6.07, 6.45) is 1.69. The van der Waals surface area contributed by atoms with Gasteiger partial charge in [0.25, 0.3) is 11.8 Å². The molecule has 8 nitrogen and oxygen atoms in total. The molecule has 4 rings (SSSR count). The van der Waals surface area contributed by atoms with E-state index in [1.54, 1.807) is 18.2 Å². The molecule has 3 N–H and O–H groups in total. The van der Waals surface area contributed by atoms with Crippen molar-refractivity contribution in [2.45, 2.75) is 25.0 Å². The lowest BCUT2D eigenvalue weighted by Gasteiger charge is -2.23. The minimum Gasteiger partial charge on any atom is -0.374 e. The molecule has 1 saturated heterocycles. The summed E-state index contributed by atoms with van der Waals surface area (Å²) >= 11 is 0. The number of nitrogens with one attached hydrogen (secondary N) is 3. The van der Waals surface area contributed by atoms with Crippen molar-refractivity contribution in [3.8, 4) is 0 Å². The van der Waals surface area contributed by atoms with Crippen LogP contribution in [0, 0.1) is 0 Å². The highest BCUT2D eigenvalue weighted by atomic mass is 35.5. The van der Waals surface area contributed by atoms with Crippen LogP contribution in [-0.2, 0) is 4.74 Å². The van der Waals surface area contributed by atoms with Gasteiger partial charge in [0.2, 0.25) is 0 Å². The molecule has 26 heavy (non-hydrogen) atoms. The van der Waals surface area contributed by atoms with Crippen LogP contribution in [0.25, 0.3) is 0 Å². The van der Waals surface area contributed by atoms with Crippen molar-refractivity contribution in [2.24, 2.45) is 0 Å². The Morgan fingerprint density at radius 1 is 1.23 bits per heavy atom. The maximum atomic E-state index is 12.4. The average molecular weight is 381 g/mol. The lowest BCUT2D eigenvalue weighted by molar-refractivity contribution is 0.0310. The Hall–Kier alpha value is -2.16. The Labute approximate surface area is 157 Å². The van der Waals surface area contributed by atoms with Gasteiger partial charge in [-0.1, -0.05) is 0 Å². The zero-order valence-electron chi connectivity index (χ0n) is 14.1. The molecule has 1 atom stereocenters. The second kappa shape index (κ2) is 7.61. The molecule has 3 aliphatic rings. The topological polar surface area (TPSA) is 99.8 Å². The Morgan fingerprint density at radius 2 is 2.00 bits per heavy atom. The lowest BCUT2D eigenvalue weighted by Crippen LogP contribution is -2.46. The molecule has 0 aromatic heterocycles. The second-order valence-electron chi connectivity index (χ2n) is 6.50. The van der Waals surface area contributed by atoms with Gasteiger partial charge in [-0.3, -0.25) is 14.5 Å². The summed E-state index contributed by atoms with van der Waals surface area (Å²) in [7, 11) is 0. The molecule has 2 heterocycles. The molecule has 2 aliphatic heterocycles. The third-order valence-corrected chi connectivity index (χ3v) is 4.58. The molecule has 1 unspecified atom stereocenters. The number of imide groups is 1. The molecule has 1 saturated carbocycles. The Kier molecular flexibility index (Phi) is 5.45. The van der Waals surface area contributed by atoms with Gasteiger partial charge in [-0.15, -0.1) is 12.4 Å². The summed E-state index contributed by atoms with van der Waals surface area (Å²) in [5.74, 6) is -0.506. The smallest absolute Gasteiger partial charge is 0.319 e. The largest absolute Gasteiger partial charge is 0.374 e. The Bertz CT molecular complexity index is 731. The van der Waals surface area contributed by atoms with E-state index >= 15 is 0 Å². The maximum Gasteiger partial charge on any atom is 0.319 e. The first-order valence-electron chi connectivity index (χ1n) is 8.52. The molecular formula is C17H21ClN4O4. The molecule has 4 amide bonds. The zero-order chi connectivity index (χ0) is 17.4. The van der Waals surface area contributed by atoms with E-state index in [-0.39, 0.29) is 42.4 Å². The molecule has 1 aromatic rings. The van der Waals surface area contributed by atoms with Crippen LogP contribution in [0.4, 0.5) is 10.5 Å². The van der Waals surface area contributed by atoms with E-state index in [9.17, 15) is 14.4 Å². The number of benzene rings is 1. The monoisotopic (exact) mass is 380 g/mol. The Balaban J connectivity index is 0.00000196. The third kappa shape index (κ3) is 3.67. The van der Waals surface area contributed by atoms with Crippen LogP contribution in [0.15, 0.2) is 18.2 Å². The van der Waals surface area contributed by atoms with Crippen LogP contribution in [0.3, 0.4) is 0 Å². The minimum absolute atomic E-state index is 0. The van der Waals surface area contributed by atoms with Gasteiger partial charge in [-0.05, 0) is 31.0 Å².